The third-order valence-corrected chi connectivity index (χ3v) is 3.42. The minimum Gasteiger partial charge on any atom is -0.297 e. The second-order valence-corrected chi connectivity index (χ2v) is 4.77. The van der Waals surface area contributed by atoms with Gasteiger partial charge >= 0.3 is 0 Å². The van der Waals surface area contributed by atoms with E-state index in [1.807, 2.05) is 12.3 Å². The fraction of sp³-hybridized carbons (Fsp3) is 0.615. The van der Waals surface area contributed by atoms with Gasteiger partial charge in [0, 0.05) is 24.0 Å². The van der Waals surface area contributed by atoms with E-state index in [0.717, 1.165) is 18.7 Å². The van der Waals surface area contributed by atoms with Gasteiger partial charge in [0.1, 0.15) is 0 Å². The molecule has 2 heteroatoms. The van der Waals surface area contributed by atoms with E-state index < -0.39 is 0 Å². The minimum absolute atomic E-state index is 0.252. The lowest BCUT2D eigenvalue weighted by Crippen LogP contribution is -2.39. The number of rotatable bonds is 4. The average Bonchev–Trinajstić information content (AvgIpc) is 2.21. The first-order chi connectivity index (χ1) is 6.97. The van der Waals surface area contributed by atoms with Gasteiger partial charge in [0.15, 0.2) is 0 Å². The summed E-state index contributed by atoms with van der Waals surface area (Å²) in [5.74, 6) is 0. The molecular formula is C13H22N2. The van der Waals surface area contributed by atoms with Crippen molar-refractivity contribution in [1.82, 2.24) is 9.88 Å². The molecule has 0 radical (unpaired) electrons. The van der Waals surface area contributed by atoms with Crippen LogP contribution in [0.15, 0.2) is 18.3 Å². The van der Waals surface area contributed by atoms with Crippen LogP contribution in [-0.4, -0.2) is 22.5 Å². The second-order valence-electron chi connectivity index (χ2n) is 4.77. The summed E-state index contributed by atoms with van der Waals surface area (Å²) < 4.78 is 0. The van der Waals surface area contributed by atoms with Crippen LogP contribution in [0.2, 0.25) is 0 Å². The van der Waals surface area contributed by atoms with Crippen LogP contribution >= 0.6 is 0 Å². The Bertz CT molecular complexity index is 318. The van der Waals surface area contributed by atoms with Crippen molar-refractivity contribution in [1.29, 1.82) is 0 Å². The predicted octanol–water partition coefficient (Wildman–Crippen LogP) is 3.01. The number of aryl methyl sites for hydroxylation is 1. The molecule has 0 saturated heterocycles. The summed E-state index contributed by atoms with van der Waals surface area (Å²) in [5.41, 5.74) is 2.71. The van der Waals surface area contributed by atoms with E-state index in [1.165, 1.54) is 5.56 Å². The van der Waals surface area contributed by atoms with E-state index in [-0.39, 0.29) is 5.54 Å². The zero-order valence-electron chi connectivity index (χ0n) is 10.5. The van der Waals surface area contributed by atoms with E-state index in [1.54, 1.807) is 0 Å². The quantitative estimate of drug-likeness (QED) is 0.753. The first kappa shape index (κ1) is 12.2. The molecular weight excluding hydrogens is 184 g/mol. The van der Waals surface area contributed by atoms with Crippen LogP contribution in [0.3, 0.4) is 0 Å². The van der Waals surface area contributed by atoms with Crippen molar-refractivity contribution in [3.05, 3.63) is 29.6 Å². The van der Waals surface area contributed by atoms with Crippen molar-refractivity contribution in [2.75, 3.05) is 7.05 Å². The maximum Gasteiger partial charge on any atom is 0.0417 e. The minimum atomic E-state index is 0.252. The Morgan fingerprint density at radius 2 is 2.07 bits per heavy atom. The summed E-state index contributed by atoms with van der Waals surface area (Å²) in [6.07, 6.45) is 3.01. The fourth-order valence-corrected chi connectivity index (χ4v) is 1.42. The van der Waals surface area contributed by atoms with Crippen molar-refractivity contribution in [2.24, 2.45) is 0 Å². The summed E-state index contributed by atoms with van der Waals surface area (Å²) in [5, 5.41) is 0. The first-order valence-electron chi connectivity index (χ1n) is 5.59. The summed E-state index contributed by atoms with van der Waals surface area (Å²) in [6.45, 7) is 9.83. The van der Waals surface area contributed by atoms with E-state index in [0.29, 0.717) is 0 Å². The van der Waals surface area contributed by atoms with E-state index >= 15 is 0 Å². The standard InChI is InChI=1S/C13H22N2/c1-6-13(3,4)15(5)10-12-8-7-9-14-11(12)2/h7-9H,6,10H2,1-5H3. The van der Waals surface area contributed by atoms with Gasteiger partial charge in [0.2, 0.25) is 0 Å². The molecule has 1 aromatic heterocycles. The molecule has 2 nitrogen and oxygen atoms in total. The van der Waals surface area contributed by atoms with Gasteiger partial charge in [0.25, 0.3) is 0 Å². The lowest BCUT2D eigenvalue weighted by atomic mass is 9.99. The lowest BCUT2D eigenvalue weighted by Gasteiger charge is -2.35. The second kappa shape index (κ2) is 4.75. The smallest absolute Gasteiger partial charge is 0.0417 e. The molecule has 0 unspecified atom stereocenters. The Morgan fingerprint density at radius 1 is 1.40 bits per heavy atom. The highest BCUT2D eigenvalue weighted by atomic mass is 15.2. The molecule has 1 heterocycles. The average molecular weight is 206 g/mol. The van der Waals surface area contributed by atoms with Crippen LogP contribution in [0.4, 0.5) is 0 Å². The number of hydrogen-bond acceptors (Lipinski definition) is 2. The monoisotopic (exact) mass is 206 g/mol. The molecule has 0 amide bonds. The van der Waals surface area contributed by atoms with Gasteiger partial charge in [-0.25, -0.2) is 0 Å². The highest BCUT2D eigenvalue weighted by molar-refractivity contribution is 5.18. The zero-order chi connectivity index (χ0) is 11.5. The topological polar surface area (TPSA) is 16.1 Å². The Kier molecular flexibility index (Phi) is 3.86. The Labute approximate surface area is 93.3 Å². The SMILES string of the molecule is CCC(C)(C)N(C)Cc1cccnc1C. The molecule has 0 aromatic carbocycles. The number of aromatic nitrogens is 1. The molecule has 0 aliphatic carbocycles. The molecule has 1 rings (SSSR count). The molecule has 0 atom stereocenters. The van der Waals surface area contributed by atoms with E-state index in [4.69, 9.17) is 0 Å². The summed E-state index contributed by atoms with van der Waals surface area (Å²) in [6, 6.07) is 4.17. The number of pyridine rings is 1. The van der Waals surface area contributed by atoms with Gasteiger partial charge in [-0.05, 0) is 45.9 Å². The van der Waals surface area contributed by atoms with Crippen LogP contribution in [0.25, 0.3) is 0 Å². The highest BCUT2D eigenvalue weighted by Gasteiger charge is 2.21. The van der Waals surface area contributed by atoms with Crippen LogP contribution in [0.1, 0.15) is 38.4 Å². The molecule has 0 fully saturated rings. The van der Waals surface area contributed by atoms with Crippen molar-refractivity contribution in [2.45, 2.75) is 46.2 Å². The van der Waals surface area contributed by atoms with Crippen LogP contribution in [0.5, 0.6) is 0 Å². The van der Waals surface area contributed by atoms with E-state index in [2.05, 4.69) is 50.7 Å². The van der Waals surface area contributed by atoms with Crippen molar-refractivity contribution in [3.63, 3.8) is 0 Å². The van der Waals surface area contributed by atoms with Gasteiger partial charge in [-0.2, -0.15) is 0 Å². The number of hydrogen-bond donors (Lipinski definition) is 0. The summed E-state index contributed by atoms with van der Waals surface area (Å²) >= 11 is 0. The Morgan fingerprint density at radius 3 is 2.60 bits per heavy atom. The molecule has 0 spiro atoms. The van der Waals surface area contributed by atoms with Gasteiger partial charge in [-0.15, -0.1) is 0 Å². The normalized spacial score (nSPS) is 12.1. The third-order valence-electron chi connectivity index (χ3n) is 3.42. The molecule has 0 N–H and O–H groups in total. The molecule has 0 saturated carbocycles. The fourth-order valence-electron chi connectivity index (χ4n) is 1.42. The molecule has 0 bridgehead atoms. The molecule has 0 aliphatic heterocycles. The van der Waals surface area contributed by atoms with Gasteiger partial charge in [-0.1, -0.05) is 13.0 Å². The van der Waals surface area contributed by atoms with E-state index in [9.17, 15) is 0 Å². The van der Waals surface area contributed by atoms with Gasteiger partial charge in [-0.3, -0.25) is 9.88 Å². The van der Waals surface area contributed by atoms with Crippen LogP contribution in [0, 0.1) is 6.92 Å². The first-order valence-corrected chi connectivity index (χ1v) is 5.59. The summed E-state index contributed by atoms with van der Waals surface area (Å²) in [7, 11) is 2.18. The lowest BCUT2D eigenvalue weighted by molar-refractivity contribution is 0.142. The maximum absolute atomic E-state index is 4.31. The van der Waals surface area contributed by atoms with Gasteiger partial charge < -0.3 is 0 Å². The molecule has 84 valence electrons. The Hall–Kier alpha value is -0.890. The maximum atomic E-state index is 4.31. The molecule has 15 heavy (non-hydrogen) atoms. The van der Waals surface area contributed by atoms with Crippen LogP contribution < -0.4 is 0 Å². The summed E-state index contributed by atoms with van der Waals surface area (Å²) in [4.78, 5) is 6.70. The largest absolute Gasteiger partial charge is 0.297 e. The number of nitrogens with zero attached hydrogens (tertiary/aromatic N) is 2. The predicted molar refractivity (Wildman–Crippen MR) is 64.8 cm³/mol. The van der Waals surface area contributed by atoms with Crippen molar-refractivity contribution in [3.8, 4) is 0 Å². The highest BCUT2D eigenvalue weighted by Crippen LogP contribution is 2.19. The molecule has 0 aliphatic rings. The third kappa shape index (κ3) is 3.03. The van der Waals surface area contributed by atoms with Crippen molar-refractivity contribution >= 4 is 0 Å². The molecule has 1 aromatic rings. The zero-order valence-corrected chi connectivity index (χ0v) is 10.5. The van der Waals surface area contributed by atoms with Gasteiger partial charge in [0.05, 0.1) is 0 Å². The van der Waals surface area contributed by atoms with Crippen molar-refractivity contribution < 1.29 is 0 Å². The van der Waals surface area contributed by atoms with Crippen LogP contribution in [-0.2, 0) is 6.54 Å². The Balaban J connectivity index is 2.75.